The van der Waals surface area contributed by atoms with Gasteiger partial charge in [-0.2, -0.15) is 0 Å². The first-order valence-electron chi connectivity index (χ1n) is 8.83. The lowest BCUT2D eigenvalue weighted by molar-refractivity contribution is 0.889. The van der Waals surface area contributed by atoms with E-state index in [2.05, 4.69) is 51.8 Å². The number of aromatic nitrogens is 2. The predicted molar refractivity (Wildman–Crippen MR) is 106 cm³/mol. The second kappa shape index (κ2) is 6.51. The minimum atomic E-state index is 0.517. The quantitative estimate of drug-likeness (QED) is 0.559. The van der Waals surface area contributed by atoms with Gasteiger partial charge in [-0.15, -0.1) is 0 Å². The van der Waals surface area contributed by atoms with Gasteiger partial charge in [0.1, 0.15) is 5.82 Å². The fourth-order valence-electron chi connectivity index (χ4n) is 3.33. The molecule has 128 valence electrons. The number of hydrogen-bond donors (Lipinski definition) is 4. The van der Waals surface area contributed by atoms with Crippen LogP contribution < -0.4 is 16.4 Å². The van der Waals surface area contributed by atoms with Gasteiger partial charge < -0.3 is 21.4 Å². The third kappa shape index (κ3) is 3.05. The summed E-state index contributed by atoms with van der Waals surface area (Å²) in [6.07, 6.45) is 5.37. The van der Waals surface area contributed by atoms with E-state index in [0.717, 1.165) is 54.1 Å². The summed E-state index contributed by atoms with van der Waals surface area (Å²) < 4.78 is 0. The van der Waals surface area contributed by atoms with Crippen LogP contribution in [0.3, 0.4) is 0 Å². The Bertz CT molecular complexity index is 905. The Morgan fingerprint density at radius 1 is 1.20 bits per heavy atom. The molecule has 0 saturated heterocycles. The van der Waals surface area contributed by atoms with Crippen LogP contribution in [0.1, 0.15) is 26.2 Å². The molecule has 4 rings (SSSR count). The summed E-state index contributed by atoms with van der Waals surface area (Å²) in [5.41, 5.74) is 11.5. The summed E-state index contributed by atoms with van der Waals surface area (Å²) in [4.78, 5) is 8.01. The van der Waals surface area contributed by atoms with Crippen molar-refractivity contribution in [3.63, 3.8) is 0 Å². The number of para-hydroxylation sites is 1. The van der Waals surface area contributed by atoms with Gasteiger partial charge in [-0.3, -0.25) is 0 Å². The van der Waals surface area contributed by atoms with Crippen molar-refractivity contribution in [2.75, 3.05) is 22.9 Å². The van der Waals surface area contributed by atoms with Crippen molar-refractivity contribution in [2.24, 2.45) is 0 Å². The van der Waals surface area contributed by atoms with Crippen molar-refractivity contribution in [2.45, 2.75) is 26.2 Å². The molecule has 5 N–H and O–H groups in total. The number of anilines is 3. The van der Waals surface area contributed by atoms with Gasteiger partial charge in [0, 0.05) is 34.4 Å². The molecule has 3 heterocycles. The van der Waals surface area contributed by atoms with Crippen molar-refractivity contribution in [3.05, 3.63) is 48.2 Å². The van der Waals surface area contributed by atoms with Crippen molar-refractivity contribution in [1.82, 2.24) is 9.97 Å². The van der Waals surface area contributed by atoms with E-state index in [1.807, 2.05) is 18.2 Å². The van der Waals surface area contributed by atoms with Gasteiger partial charge in [0.05, 0.1) is 5.69 Å². The highest BCUT2D eigenvalue weighted by molar-refractivity contribution is 5.93. The van der Waals surface area contributed by atoms with Gasteiger partial charge in [0.25, 0.3) is 0 Å². The van der Waals surface area contributed by atoms with Gasteiger partial charge in [-0.1, -0.05) is 37.6 Å². The third-order valence-electron chi connectivity index (χ3n) is 4.49. The Hall–Kier alpha value is -2.95. The Labute approximate surface area is 147 Å². The van der Waals surface area contributed by atoms with E-state index in [4.69, 9.17) is 5.73 Å². The van der Waals surface area contributed by atoms with Crippen molar-refractivity contribution in [1.29, 1.82) is 0 Å². The maximum Gasteiger partial charge on any atom is 0.152 e. The van der Waals surface area contributed by atoms with E-state index >= 15 is 0 Å². The van der Waals surface area contributed by atoms with Gasteiger partial charge in [0.15, 0.2) is 5.82 Å². The SMILES string of the molecule is CCC/C1=C/CCNc2nc(N)cc(-c3cc4ccccc4[nH]3)c2N1. The fourth-order valence-corrected chi connectivity index (χ4v) is 3.33. The molecule has 0 atom stereocenters. The van der Waals surface area contributed by atoms with Crippen LogP contribution in [-0.4, -0.2) is 16.5 Å². The van der Waals surface area contributed by atoms with Crippen molar-refractivity contribution < 1.29 is 0 Å². The van der Waals surface area contributed by atoms with Gasteiger partial charge >= 0.3 is 0 Å². The number of hydrogen-bond acceptors (Lipinski definition) is 4. The Balaban J connectivity index is 1.86. The molecule has 5 heteroatoms. The van der Waals surface area contributed by atoms with Crippen LogP contribution in [0.2, 0.25) is 0 Å². The summed E-state index contributed by atoms with van der Waals surface area (Å²) in [5.74, 6) is 1.33. The van der Waals surface area contributed by atoms with Crippen LogP contribution in [0.25, 0.3) is 22.2 Å². The molecule has 3 aromatic rings. The Morgan fingerprint density at radius 2 is 2.08 bits per heavy atom. The monoisotopic (exact) mass is 333 g/mol. The van der Waals surface area contributed by atoms with Crippen LogP contribution in [0, 0.1) is 0 Å². The lowest BCUT2D eigenvalue weighted by Gasteiger charge is -2.21. The molecule has 0 saturated carbocycles. The highest BCUT2D eigenvalue weighted by atomic mass is 15.1. The molecular formula is C20H23N5. The molecule has 5 nitrogen and oxygen atoms in total. The highest BCUT2D eigenvalue weighted by Gasteiger charge is 2.17. The first kappa shape index (κ1) is 15.6. The first-order chi connectivity index (χ1) is 12.2. The average Bonchev–Trinajstić information content (AvgIpc) is 3.02. The molecule has 0 aliphatic carbocycles. The summed E-state index contributed by atoms with van der Waals surface area (Å²) in [6.45, 7) is 3.05. The molecule has 0 spiro atoms. The number of benzene rings is 1. The zero-order chi connectivity index (χ0) is 17.2. The Morgan fingerprint density at radius 3 is 2.92 bits per heavy atom. The summed E-state index contributed by atoms with van der Waals surface area (Å²) in [7, 11) is 0. The molecule has 0 amide bonds. The van der Waals surface area contributed by atoms with E-state index in [0.29, 0.717) is 5.82 Å². The van der Waals surface area contributed by atoms with E-state index in [1.165, 1.54) is 11.1 Å². The van der Waals surface area contributed by atoms with Crippen LogP contribution in [-0.2, 0) is 0 Å². The van der Waals surface area contributed by atoms with E-state index in [1.54, 1.807) is 0 Å². The molecular weight excluding hydrogens is 310 g/mol. The number of allylic oxidation sites excluding steroid dienone is 1. The lowest BCUT2D eigenvalue weighted by Crippen LogP contribution is -2.13. The molecule has 2 aromatic heterocycles. The predicted octanol–water partition coefficient (Wildman–Crippen LogP) is 4.72. The molecule has 25 heavy (non-hydrogen) atoms. The number of nitrogens with two attached hydrogens (primary N) is 1. The molecule has 1 aromatic carbocycles. The van der Waals surface area contributed by atoms with Crippen LogP contribution in [0.15, 0.2) is 48.2 Å². The van der Waals surface area contributed by atoms with Crippen molar-refractivity contribution in [3.8, 4) is 11.3 Å². The first-order valence-corrected chi connectivity index (χ1v) is 8.83. The second-order valence-electron chi connectivity index (χ2n) is 6.41. The minimum Gasteiger partial charge on any atom is -0.384 e. The van der Waals surface area contributed by atoms with Crippen LogP contribution in [0.4, 0.5) is 17.3 Å². The smallest absolute Gasteiger partial charge is 0.152 e. The molecule has 0 fully saturated rings. The number of nitrogens with zero attached hydrogens (tertiary/aromatic N) is 1. The molecule has 0 radical (unpaired) electrons. The number of pyridine rings is 1. The van der Waals surface area contributed by atoms with E-state index in [-0.39, 0.29) is 0 Å². The third-order valence-corrected chi connectivity index (χ3v) is 4.49. The van der Waals surface area contributed by atoms with Gasteiger partial charge in [-0.05, 0) is 31.0 Å². The number of H-pyrrole nitrogens is 1. The summed E-state index contributed by atoms with van der Waals surface area (Å²) in [5, 5.41) is 8.18. The molecule has 1 aliphatic rings. The lowest BCUT2D eigenvalue weighted by atomic mass is 10.1. The zero-order valence-corrected chi connectivity index (χ0v) is 14.4. The number of rotatable bonds is 3. The van der Waals surface area contributed by atoms with Gasteiger partial charge in [-0.25, -0.2) is 4.98 Å². The molecule has 0 bridgehead atoms. The largest absolute Gasteiger partial charge is 0.384 e. The number of aromatic amines is 1. The van der Waals surface area contributed by atoms with Crippen LogP contribution >= 0.6 is 0 Å². The topological polar surface area (TPSA) is 78.8 Å². The molecule has 1 aliphatic heterocycles. The van der Waals surface area contributed by atoms with E-state index in [9.17, 15) is 0 Å². The maximum atomic E-state index is 6.09. The normalized spacial score (nSPS) is 16.1. The minimum absolute atomic E-state index is 0.517. The average molecular weight is 333 g/mol. The maximum absolute atomic E-state index is 6.09. The highest BCUT2D eigenvalue weighted by Crippen LogP contribution is 2.37. The van der Waals surface area contributed by atoms with Crippen LogP contribution in [0.5, 0.6) is 0 Å². The fraction of sp³-hybridized carbons (Fsp3) is 0.250. The second-order valence-corrected chi connectivity index (χ2v) is 6.41. The number of nitrogen functional groups attached to an aromatic ring is 1. The zero-order valence-electron chi connectivity index (χ0n) is 14.4. The van der Waals surface area contributed by atoms with Gasteiger partial charge in [0.2, 0.25) is 0 Å². The summed E-state index contributed by atoms with van der Waals surface area (Å²) in [6, 6.07) is 12.4. The Kier molecular flexibility index (Phi) is 4.06. The van der Waals surface area contributed by atoms with E-state index < -0.39 is 0 Å². The summed E-state index contributed by atoms with van der Waals surface area (Å²) >= 11 is 0. The number of nitrogens with one attached hydrogen (secondary N) is 3. The molecule has 0 unspecified atom stereocenters. The van der Waals surface area contributed by atoms with Crippen molar-refractivity contribution >= 4 is 28.2 Å². The number of fused-ring (bicyclic) bond motifs is 2. The standard InChI is InChI=1S/C20H23N5/c1-2-6-14-8-5-10-22-20-19(23-14)15(12-18(21)25-20)17-11-13-7-3-4-9-16(13)24-17/h3-4,7-9,11-12,23-24H,2,5-6,10H2,1H3,(H3,21,22,25)/b14-8-.